The quantitative estimate of drug-likeness (QED) is 0.278. The molecule has 1 fully saturated rings. The first-order valence-electron chi connectivity index (χ1n) is 8.01. The summed E-state index contributed by atoms with van der Waals surface area (Å²) in [4.78, 5) is 14.5. The first kappa shape index (κ1) is 18.5. The van der Waals surface area contributed by atoms with Gasteiger partial charge in [-0.1, -0.05) is 5.11 Å². The minimum atomic E-state index is -0.556. The lowest BCUT2D eigenvalue weighted by atomic mass is 9.70. The molecule has 1 saturated heterocycles. The number of aldehydes is 1. The van der Waals surface area contributed by atoms with Crippen LogP contribution in [0, 0.1) is 20.8 Å². The van der Waals surface area contributed by atoms with Crippen molar-refractivity contribution in [2.75, 3.05) is 0 Å². The Balaban J connectivity index is 2.66. The molecular weight excluding hydrogens is 305 g/mol. The highest BCUT2D eigenvalue weighted by molar-refractivity contribution is 6.63. The van der Waals surface area contributed by atoms with Crippen LogP contribution >= 0.6 is 0 Å². The van der Waals surface area contributed by atoms with Gasteiger partial charge in [-0.15, -0.1) is 0 Å². The largest absolute Gasteiger partial charge is 0.495 e. The topological polar surface area (TPSA) is 84.3 Å². The van der Waals surface area contributed by atoms with E-state index in [1.165, 1.54) is 0 Å². The molecule has 0 aliphatic carbocycles. The Kier molecular flexibility index (Phi) is 4.82. The molecule has 2 rings (SSSR count). The van der Waals surface area contributed by atoms with Crippen LogP contribution in [0.15, 0.2) is 5.11 Å². The molecule has 1 aromatic rings. The average molecular weight is 329 g/mol. The Labute approximate surface area is 143 Å². The fourth-order valence-electron chi connectivity index (χ4n) is 3.14. The van der Waals surface area contributed by atoms with E-state index in [1.807, 2.05) is 48.5 Å². The zero-order valence-corrected chi connectivity index (χ0v) is 15.4. The molecule has 0 amide bonds. The fourth-order valence-corrected chi connectivity index (χ4v) is 3.14. The number of carbonyl (C=O) groups excluding carboxylic acids is 1. The number of hydrogen-bond donors (Lipinski definition) is 0. The third-order valence-corrected chi connectivity index (χ3v) is 5.42. The number of hydrogen-bond acceptors (Lipinski definition) is 4. The molecule has 128 valence electrons. The van der Waals surface area contributed by atoms with Crippen LogP contribution in [0.1, 0.15) is 60.3 Å². The summed E-state index contributed by atoms with van der Waals surface area (Å²) in [6.07, 6.45) is 0.846. The number of azide groups is 1. The third-order valence-electron chi connectivity index (χ3n) is 5.42. The second-order valence-electron chi connectivity index (χ2n) is 7.28. The van der Waals surface area contributed by atoms with Gasteiger partial charge in [-0.05, 0) is 81.7 Å². The Morgan fingerprint density at radius 1 is 1.08 bits per heavy atom. The normalized spacial score (nSPS) is 18.4. The fraction of sp³-hybridized carbons (Fsp3) is 0.588. The smallest absolute Gasteiger partial charge is 0.399 e. The average Bonchev–Trinajstić information content (AvgIpc) is 2.67. The van der Waals surface area contributed by atoms with Gasteiger partial charge in [0.25, 0.3) is 0 Å². The maximum atomic E-state index is 11.6. The molecule has 0 unspecified atom stereocenters. The van der Waals surface area contributed by atoms with E-state index in [2.05, 4.69) is 10.0 Å². The minimum absolute atomic E-state index is 0.196. The van der Waals surface area contributed by atoms with Gasteiger partial charge in [0.2, 0.25) is 0 Å². The molecule has 6 nitrogen and oxygen atoms in total. The number of benzene rings is 1. The van der Waals surface area contributed by atoms with Crippen LogP contribution in [0.25, 0.3) is 10.4 Å². The lowest BCUT2D eigenvalue weighted by molar-refractivity contribution is 0.00578. The van der Waals surface area contributed by atoms with Crippen molar-refractivity contribution >= 4 is 18.9 Å². The molecule has 0 aromatic heterocycles. The summed E-state index contributed by atoms with van der Waals surface area (Å²) < 4.78 is 12.3. The van der Waals surface area contributed by atoms with Crippen molar-refractivity contribution in [1.29, 1.82) is 0 Å². The zero-order valence-electron chi connectivity index (χ0n) is 15.4. The molecule has 1 aromatic carbocycles. The van der Waals surface area contributed by atoms with Gasteiger partial charge in [-0.3, -0.25) is 4.79 Å². The van der Waals surface area contributed by atoms with Crippen molar-refractivity contribution in [3.05, 3.63) is 38.3 Å². The van der Waals surface area contributed by atoms with Crippen LogP contribution in [0.2, 0.25) is 0 Å². The monoisotopic (exact) mass is 329 g/mol. The first-order valence-corrected chi connectivity index (χ1v) is 8.01. The Morgan fingerprint density at radius 2 is 1.62 bits per heavy atom. The standard InChI is InChI=1S/C17H24BN3O3/c1-10-13(8-20-21-19)11(2)15(12(3)14(10)9-22)18-23-16(4,5)17(6,7)24-18/h9H,8H2,1-7H3. The molecule has 0 atom stereocenters. The Morgan fingerprint density at radius 3 is 2.08 bits per heavy atom. The number of nitrogens with zero attached hydrogens (tertiary/aromatic N) is 3. The van der Waals surface area contributed by atoms with E-state index in [0.717, 1.165) is 34.0 Å². The van der Waals surface area contributed by atoms with Crippen molar-refractivity contribution in [2.45, 2.75) is 66.2 Å². The van der Waals surface area contributed by atoms with Gasteiger partial charge in [0.05, 0.1) is 17.7 Å². The van der Waals surface area contributed by atoms with Gasteiger partial charge >= 0.3 is 7.12 Å². The maximum Gasteiger partial charge on any atom is 0.495 e. The summed E-state index contributed by atoms with van der Waals surface area (Å²) in [6, 6.07) is 0. The zero-order chi connectivity index (χ0) is 18.3. The summed E-state index contributed by atoms with van der Waals surface area (Å²) in [6.45, 7) is 13.9. The highest BCUT2D eigenvalue weighted by Gasteiger charge is 2.52. The van der Waals surface area contributed by atoms with E-state index >= 15 is 0 Å². The van der Waals surface area contributed by atoms with E-state index in [4.69, 9.17) is 14.8 Å². The molecule has 24 heavy (non-hydrogen) atoms. The van der Waals surface area contributed by atoms with E-state index in [0.29, 0.717) is 5.56 Å². The molecule has 1 heterocycles. The summed E-state index contributed by atoms with van der Waals surface area (Å²) in [5, 5.41) is 3.68. The van der Waals surface area contributed by atoms with Crippen molar-refractivity contribution in [1.82, 2.24) is 0 Å². The molecule has 0 N–H and O–H groups in total. The van der Waals surface area contributed by atoms with E-state index < -0.39 is 18.3 Å². The second kappa shape index (κ2) is 6.24. The SMILES string of the molecule is Cc1c(C=O)c(C)c(B2OC(C)(C)C(C)(C)O2)c(C)c1CN=[N+]=[N-]. The predicted molar refractivity (Wildman–Crippen MR) is 94.6 cm³/mol. The van der Waals surface area contributed by atoms with Gasteiger partial charge in [0.1, 0.15) is 0 Å². The molecule has 0 radical (unpaired) electrons. The molecular formula is C17H24BN3O3. The molecule has 0 spiro atoms. The van der Waals surface area contributed by atoms with Crippen molar-refractivity contribution in [3.63, 3.8) is 0 Å². The van der Waals surface area contributed by atoms with E-state index in [9.17, 15) is 4.79 Å². The first-order chi connectivity index (χ1) is 11.1. The van der Waals surface area contributed by atoms with Gasteiger partial charge in [-0.2, -0.15) is 0 Å². The third kappa shape index (κ3) is 2.84. The van der Waals surface area contributed by atoms with Crippen LogP contribution in [0.5, 0.6) is 0 Å². The lowest BCUT2D eigenvalue weighted by Crippen LogP contribution is -2.41. The highest BCUT2D eigenvalue weighted by Crippen LogP contribution is 2.37. The van der Waals surface area contributed by atoms with Crippen LogP contribution < -0.4 is 5.46 Å². The predicted octanol–water partition coefficient (Wildman–Crippen LogP) is 3.53. The number of rotatable bonds is 4. The number of carbonyl (C=O) groups is 1. The molecule has 1 aliphatic rings. The van der Waals surface area contributed by atoms with Crippen LogP contribution in [0.3, 0.4) is 0 Å². The summed E-state index contributed by atoms with van der Waals surface area (Å²) in [7, 11) is -0.556. The maximum absolute atomic E-state index is 11.6. The molecule has 7 heteroatoms. The Hall–Kier alpha value is -1.82. The van der Waals surface area contributed by atoms with Gasteiger partial charge < -0.3 is 9.31 Å². The van der Waals surface area contributed by atoms with Gasteiger partial charge in [0.15, 0.2) is 6.29 Å². The molecule has 0 bridgehead atoms. The van der Waals surface area contributed by atoms with Gasteiger partial charge in [0, 0.05) is 10.5 Å². The molecule has 0 saturated carbocycles. The summed E-state index contributed by atoms with van der Waals surface area (Å²) in [5.74, 6) is 0. The van der Waals surface area contributed by atoms with Crippen LogP contribution in [0.4, 0.5) is 0 Å². The van der Waals surface area contributed by atoms with Gasteiger partial charge in [-0.25, -0.2) is 0 Å². The Bertz CT molecular complexity index is 721. The van der Waals surface area contributed by atoms with E-state index in [-0.39, 0.29) is 6.54 Å². The highest BCUT2D eigenvalue weighted by atomic mass is 16.7. The van der Waals surface area contributed by atoms with Crippen molar-refractivity contribution < 1.29 is 14.1 Å². The van der Waals surface area contributed by atoms with E-state index in [1.54, 1.807) is 0 Å². The second-order valence-corrected chi connectivity index (χ2v) is 7.28. The molecule has 1 aliphatic heterocycles. The van der Waals surface area contributed by atoms with Crippen molar-refractivity contribution in [3.8, 4) is 0 Å². The summed E-state index contributed by atoms with van der Waals surface area (Å²) in [5.41, 5.74) is 12.7. The van der Waals surface area contributed by atoms with Crippen LogP contribution in [-0.4, -0.2) is 24.6 Å². The minimum Gasteiger partial charge on any atom is -0.399 e. The summed E-state index contributed by atoms with van der Waals surface area (Å²) >= 11 is 0. The van der Waals surface area contributed by atoms with Crippen LogP contribution in [-0.2, 0) is 15.9 Å². The lowest BCUT2D eigenvalue weighted by Gasteiger charge is -2.32. The van der Waals surface area contributed by atoms with Crippen molar-refractivity contribution in [2.24, 2.45) is 5.11 Å².